The Balaban J connectivity index is 0.000000801. The van der Waals surface area contributed by atoms with Crippen molar-refractivity contribution in [1.29, 1.82) is 0 Å². The van der Waals surface area contributed by atoms with Crippen LogP contribution in [0.15, 0.2) is 17.0 Å². The third-order valence-electron chi connectivity index (χ3n) is 3.78. The van der Waals surface area contributed by atoms with Gasteiger partial charge in [0.25, 0.3) is 0 Å². The number of phenolic OH excluding ortho intramolecular Hbond substituents is 1. The van der Waals surface area contributed by atoms with E-state index in [0.29, 0.717) is 5.75 Å². The van der Waals surface area contributed by atoms with Crippen LogP contribution >= 0.6 is 0 Å². The summed E-state index contributed by atoms with van der Waals surface area (Å²) in [6.07, 6.45) is -11.9. The van der Waals surface area contributed by atoms with Gasteiger partial charge in [0.05, 0.1) is 0 Å². The number of alkyl halides is 12. The largest absolute Gasteiger partial charge is 0.507 e. The van der Waals surface area contributed by atoms with Gasteiger partial charge in [-0.15, -0.1) is 0 Å². The molecule has 1 N–H and O–H groups in total. The third kappa shape index (κ3) is 7.45. The molecule has 0 radical (unpaired) electrons. The van der Waals surface area contributed by atoms with Crippen LogP contribution in [0.2, 0.25) is 0 Å². The van der Waals surface area contributed by atoms with Crippen molar-refractivity contribution < 1.29 is 75.4 Å². The first-order valence-corrected chi connectivity index (χ1v) is 11.9. The van der Waals surface area contributed by atoms with Gasteiger partial charge in [-0.25, -0.2) is 13.2 Å². The predicted octanol–water partition coefficient (Wildman–Crippen LogP) is 5.50. The lowest BCUT2D eigenvalue weighted by atomic mass is 10.1. The normalized spacial score (nSPS) is 14.7. The van der Waals surface area contributed by atoms with E-state index < -0.39 is 46.2 Å². The van der Waals surface area contributed by atoms with Gasteiger partial charge in [-0.1, -0.05) is 4.33 Å². The molecule has 0 fully saturated rings. The lowest BCUT2D eigenvalue weighted by molar-refractivity contribution is -0.371. The van der Waals surface area contributed by atoms with Crippen LogP contribution in [0, 0.1) is 13.8 Å². The minimum Gasteiger partial charge on any atom is -0.507 e. The monoisotopic (exact) mass is 581 g/mol. The second kappa shape index (κ2) is 11.2. The fourth-order valence-corrected chi connectivity index (χ4v) is 3.36. The summed E-state index contributed by atoms with van der Waals surface area (Å²) in [4.78, 5) is 3.52. The van der Waals surface area contributed by atoms with Crippen molar-refractivity contribution in [3.63, 3.8) is 0 Å². The fourth-order valence-electron chi connectivity index (χ4n) is 1.82. The van der Waals surface area contributed by atoms with Crippen molar-refractivity contribution in [3.8, 4) is 5.75 Å². The van der Waals surface area contributed by atoms with Crippen LogP contribution in [-0.4, -0.2) is 62.1 Å². The Morgan fingerprint density at radius 3 is 1.60 bits per heavy atom. The van der Waals surface area contributed by atoms with Crippen molar-refractivity contribution in [2.45, 2.75) is 54.8 Å². The second-order valence-electron chi connectivity index (χ2n) is 6.71. The minimum atomic E-state index is -7.55. The molecule has 0 aliphatic carbocycles. The van der Waals surface area contributed by atoms with Crippen molar-refractivity contribution in [2.24, 2.45) is 0 Å². The summed E-state index contributed by atoms with van der Waals surface area (Å²) in [6.45, 7) is 3.89. The summed E-state index contributed by atoms with van der Waals surface area (Å²) in [7, 11) is -7.27. The molecule has 1 rings (SSSR count). The summed E-state index contributed by atoms with van der Waals surface area (Å²) < 4.78 is 169. The van der Waals surface area contributed by atoms with Crippen LogP contribution in [0.4, 0.5) is 52.7 Å². The van der Waals surface area contributed by atoms with Gasteiger partial charge in [0.1, 0.15) is 18.3 Å². The highest BCUT2D eigenvalue weighted by atomic mass is 32.2. The maximum atomic E-state index is 12.8. The quantitative estimate of drug-likeness (QED) is 0.190. The Labute approximate surface area is 193 Å². The average molecular weight is 581 g/mol. The molecule has 0 aromatic heterocycles. The highest BCUT2D eigenvalue weighted by Gasteiger charge is 2.81. The molecular weight excluding hydrogens is 564 g/mol. The number of benzene rings is 1. The van der Waals surface area contributed by atoms with E-state index in [-0.39, 0.29) is 10.9 Å². The molecule has 0 amide bonds. The smallest absolute Gasteiger partial charge is 0.448 e. The van der Waals surface area contributed by atoms with Crippen LogP contribution in [0.3, 0.4) is 0 Å². The number of aromatic hydroxyl groups is 1. The topological polar surface area (TPSA) is 72.8 Å². The molecule has 0 bridgehead atoms. The molecule has 1 atom stereocenters. The van der Waals surface area contributed by atoms with Gasteiger partial charge >= 0.3 is 46.2 Å². The standard InChI is InChI=1S/C10H14OS.C6H2F12O4S/c1-7-5-9(12(3)4)6-8(2)10(7)11;7-1(8)3(10,11)5(15,16)6(17,18)23(19,20)22-21-2(9)4(12,13)14/h5-6H,1-4H3;1-2H/p+1. The van der Waals surface area contributed by atoms with Crippen molar-refractivity contribution in [1.82, 2.24) is 0 Å². The van der Waals surface area contributed by atoms with Gasteiger partial charge in [0, 0.05) is 10.9 Å². The van der Waals surface area contributed by atoms with Crippen LogP contribution in [0.25, 0.3) is 0 Å². The Kier molecular flexibility index (Phi) is 10.7. The summed E-state index contributed by atoms with van der Waals surface area (Å²) in [5.41, 5.74) is 1.96. The second-order valence-corrected chi connectivity index (χ2v) is 10.4. The zero-order valence-corrected chi connectivity index (χ0v) is 19.4. The Bertz CT molecular complexity index is 941. The van der Waals surface area contributed by atoms with E-state index >= 15 is 0 Å². The number of hydrogen-bond donors (Lipinski definition) is 1. The molecule has 5 nitrogen and oxygen atoms in total. The van der Waals surface area contributed by atoms with E-state index in [9.17, 15) is 66.2 Å². The molecule has 1 unspecified atom stereocenters. The van der Waals surface area contributed by atoms with Crippen molar-refractivity contribution in [3.05, 3.63) is 23.3 Å². The van der Waals surface area contributed by atoms with Gasteiger partial charge in [0.15, 0.2) is 4.90 Å². The highest BCUT2D eigenvalue weighted by Crippen LogP contribution is 2.51. The first-order valence-electron chi connectivity index (χ1n) is 8.44. The van der Waals surface area contributed by atoms with Crippen LogP contribution in [-0.2, 0) is 30.2 Å². The summed E-state index contributed by atoms with van der Waals surface area (Å²) >= 11 is 0. The van der Waals surface area contributed by atoms with Crippen LogP contribution in [0.5, 0.6) is 5.75 Å². The Hall–Kier alpha value is -1.60. The fraction of sp³-hybridized carbons (Fsp3) is 0.625. The van der Waals surface area contributed by atoms with Crippen LogP contribution in [0.1, 0.15) is 11.1 Å². The Morgan fingerprint density at radius 1 is 0.886 bits per heavy atom. The molecule has 1 aromatic carbocycles. The van der Waals surface area contributed by atoms with E-state index in [2.05, 4.69) is 33.9 Å². The number of phenols is 1. The molecule has 0 saturated carbocycles. The molecule has 0 aliphatic rings. The number of aryl methyl sites for hydroxylation is 2. The molecule has 0 spiro atoms. The van der Waals surface area contributed by atoms with Gasteiger partial charge in [0.2, 0.25) is 0 Å². The molecule has 19 heteroatoms. The zero-order chi connectivity index (χ0) is 28.4. The lowest BCUT2D eigenvalue weighted by Crippen LogP contribution is -2.60. The number of halogens is 12. The molecule has 0 aliphatic heterocycles. The number of rotatable bonds is 8. The highest BCUT2D eigenvalue weighted by molar-refractivity contribution is 7.95. The van der Waals surface area contributed by atoms with E-state index in [0.717, 1.165) is 11.1 Å². The summed E-state index contributed by atoms with van der Waals surface area (Å²) in [5.74, 6) is -13.9. The van der Waals surface area contributed by atoms with E-state index in [1.54, 1.807) is 0 Å². The third-order valence-corrected chi connectivity index (χ3v) is 6.10. The molecular formula is C16H17F12O5S2+. The summed E-state index contributed by atoms with van der Waals surface area (Å²) in [6, 6.07) is 4.12. The SMILES string of the molecule is Cc1cc([S+](C)C)cc(C)c1O.O=S(=O)(OOC(F)C(F)(F)F)C(F)(F)C(F)(F)C(F)(F)C(F)F. The van der Waals surface area contributed by atoms with Crippen molar-refractivity contribution >= 4 is 21.0 Å². The summed E-state index contributed by atoms with van der Waals surface area (Å²) in [5, 5.41) is 2.31. The first kappa shape index (κ1) is 33.4. The maximum Gasteiger partial charge on any atom is 0.448 e. The van der Waals surface area contributed by atoms with Gasteiger partial charge in [-0.2, -0.15) is 52.8 Å². The lowest BCUT2D eigenvalue weighted by Gasteiger charge is -2.30. The van der Waals surface area contributed by atoms with Crippen LogP contribution < -0.4 is 0 Å². The number of hydrogen-bond acceptors (Lipinski definition) is 5. The average Bonchev–Trinajstić information content (AvgIpc) is 2.68. The zero-order valence-electron chi connectivity index (χ0n) is 17.7. The van der Waals surface area contributed by atoms with Gasteiger partial charge in [-0.3, -0.25) is 0 Å². The van der Waals surface area contributed by atoms with E-state index in [1.807, 2.05) is 13.8 Å². The molecule has 35 heavy (non-hydrogen) atoms. The van der Waals surface area contributed by atoms with Gasteiger partial charge in [-0.05, 0) is 37.1 Å². The predicted molar refractivity (Wildman–Crippen MR) is 97.9 cm³/mol. The first-order chi connectivity index (χ1) is 15.3. The molecule has 0 saturated heterocycles. The molecule has 0 heterocycles. The maximum absolute atomic E-state index is 12.8. The molecule has 206 valence electrons. The van der Waals surface area contributed by atoms with Crippen molar-refractivity contribution in [2.75, 3.05) is 12.5 Å². The minimum absolute atomic E-state index is 0.281. The van der Waals surface area contributed by atoms with E-state index in [1.165, 1.54) is 4.90 Å². The molecule has 1 aromatic rings. The van der Waals surface area contributed by atoms with E-state index in [4.69, 9.17) is 0 Å². The van der Waals surface area contributed by atoms with Gasteiger partial charge < -0.3 is 5.11 Å². The Morgan fingerprint density at radius 2 is 1.29 bits per heavy atom.